The SMILES string of the molecule is CCCCOc1ccc(C(=O)Nc2cnc(-n3ccnc3C)nc2)cc1. The van der Waals surface area contributed by atoms with Gasteiger partial charge in [0.25, 0.3) is 5.91 Å². The van der Waals surface area contributed by atoms with Crippen LogP contribution in [-0.2, 0) is 0 Å². The van der Waals surface area contributed by atoms with Crippen LogP contribution in [0.15, 0.2) is 49.1 Å². The summed E-state index contributed by atoms with van der Waals surface area (Å²) >= 11 is 0. The zero-order chi connectivity index (χ0) is 18.4. The molecule has 0 fully saturated rings. The lowest BCUT2D eigenvalue weighted by Crippen LogP contribution is -2.13. The van der Waals surface area contributed by atoms with Crippen LogP contribution >= 0.6 is 0 Å². The number of benzene rings is 1. The first-order chi connectivity index (χ1) is 12.7. The number of amides is 1. The highest BCUT2D eigenvalue weighted by Gasteiger charge is 2.08. The molecule has 7 nitrogen and oxygen atoms in total. The molecule has 7 heteroatoms. The van der Waals surface area contributed by atoms with E-state index in [0.717, 1.165) is 24.4 Å². The van der Waals surface area contributed by atoms with Crippen molar-refractivity contribution in [3.05, 3.63) is 60.4 Å². The standard InChI is InChI=1S/C19H21N5O2/c1-3-4-11-26-17-7-5-15(6-8-17)18(25)23-16-12-21-19(22-13-16)24-10-9-20-14(24)2/h5-10,12-13H,3-4,11H2,1-2H3,(H,23,25). The molecule has 0 aliphatic heterocycles. The van der Waals surface area contributed by atoms with Crippen molar-refractivity contribution < 1.29 is 9.53 Å². The number of rotatable bonds is 7. The highest BCUT2D eigenvalue weighted by Crippen LogP contribution is 2.15. The molecule has 0 atom stereocenters. The van der Waals surface area contributed by atoms with Crippen molar-refractivity contribution in [3.8, 4) is 11.7 Å². The Hall–Kier alpha value is -3.22. The molecule has 0 bridgehead atoms. The van der Waals surface area contributed by atoms with Crippen LogP contribution in [0.2, 0.25) is 0 Å². The summed E-state index contributed by atoms with van der Waals surface area (Å²) in [6, 6.07) is 7.07. The van der Waals surface area contributed by atoms with Crippen molar-refractivity contribution in [2.24, 2.45) is 0 Å². The Balaban J connectivity index is 1.61. The van der Waals surface area contributed by atoms with Gasteiger partial charge in [-0.05, 0) is 37.6 Å². The van der Waals surface area contributed by atoms with Crippen LogP contribution in [-0.4, -0.2) is 32.0 Å². The molecule has 0 aliphatic rings. The van der Waals surface area contributed by atoms with Crippen LogP contribution in [0.5, 0.6) is 5.75 Å². The Morgan fingerprint density at radius 3 is 2.50 bits per heavy atom. The van der Waals surface area contributed by atoms with Gasteiger partial charge < -0.3 is 10.1 Å². The molecule has 2 heterocycles. The molecular weight excluding hydrogens is 330 g/mol. The Morgan fingerprint density at radius 2 is 1.88 bits per heavy atom. The van der Waals surface area contributed by atoms with E-state index >= 15 is 0 Å². The van der Waals surface area contributed by atoms with E-state index in [1.165, 1.54) is 0 Å². The van der Waals surface area contributed by atoms with Gasteiger partial charge in [-0.2, -0.15) is 0 Å². The predicted molar refractivity (Wildman–Crippen MR) is 98.7 cm³/mol. The Labute approximate surface area is 152 Å². The van der Waals surface area contributed by atoms with Crippen LogP contribution in [0, 0.1) is 6.92 Å². The smallest absolute Gasteiger partial charge is 0.255 e. The van der Waals surface area contributed by atoms with Gasteiger partial charge in [0.05, 0.1) is 24.7 Å². The summed E-state index contributed by atoms with van der Waals surface area (Å²) in [4.78, 5) is 25.0. The largest absolute Gasteiger partial charge is 0.494 e. The first kappa shape index (κ1) is 17.6. The zero-order valence-corrected chi connectivity index (χ0v) is 14.8. The molecule has 2 aromatic heterocycles. The Kier molecular flexibility index (Phi) is 5.58. The van der Waals surface area contributed by atoms with Gasteiger partial charge >= 0.3 is 0 Å². The molecule has 0 unspecified atom stereocenters. The number of imidazole rings is 1. The fourth-order valence-electron chi connectivity index (χ4n) is 2.34. The highest BCUT2D eigenvalue weighted by atomic mass is 16.5. The van der Waals surface area contributed by atoms with Crippen LogP contribution in [0.3, 0.4) is 0 Å². The maximum Gasteiger partial charge on any atom is 0.255 e. The molecule has 0 saturated heterocycles. The first-order valence-electron chi connectivity index (χ1n) is 8.54. The average molecular weight is 351 g/mol. The first-order valence-corrected chi connectivity index (χ1v) is 8.54. The highest BCUT2D eigenvalue weighted by molar-refractivity contribution is 6.04. The number of carbonyl (C=O) groups is 1. The van der Waals surface area contributed by atoms with E-state index in [4.69, 9.17) is 4.74 Å². The van der Waals surface area contributed by atoms with Crippen molar-refractivity contribution in [1.82, 2.24) is 19.5 Å². The minimum absolute atomic E-state index is 0.222. The number of unbranched alkanes of at least 4 members (excludes halogenated alkanes) is 1. The molecule has 3 aromatic rings. The second-order valence-corrected chi connectivity index (χ2v) is 5.80. The lowest BCUT2D eigenvalue weighted by molar-refractivity contribution is 0.102. The number of aryl methyl sites for hydroxylation is 1. The molecule has 1 aromatic carbocycles. The van der Waals surface area contributed by atoms with Gasteiger partial charge in [0.15, 0.2) is 0 Å². The van der Waals surface area contributed by atoms with Crippen molar-refractivity contribution in [2.75, 3.05) is 11.9 Å². The van der Waals surface area contributed by atoms with E-state index in [-0.39, 0.29) is 5.91 Å². The van der Waals surface area contributed by atoms with Gasteiger partial charge in [-0.1, -0.05) is 13.3 Å². The van der Waals surface area contributed by atoms with E-state index in [0.29, 0.717) is 23.8 Å². The van der Waals surface area contributed by atoms with E-state index in [1.807, 2.05) is 6.92 Å². The van der Waals surface area contributed by atoms with Crippen molar-refractivity contribution in [2.45, 2.75) is 26.7 Å². The average Bonchev–Trinajstić information content (AvgIpc) is 3.09. The fourth-order valence-corrected chi connectivity index (χ4v) is 2.34. The Morgan fingerprint density at radius 1 is 1.15 bits per heavy atom. The van der Waals surface area contributed by atoms with E-state index in [2.05, 4.69) is 27.2 Å². The number of hydrogen-bond acceptors (Lipinski definition) is 5. The van der Waals surface area contributed by atoms with Gasteiger partial charge in [0, 0.05) is 18.0 Å². The van der Waals surface area contributed by atoms with Crippen molar-refractivity contribution in [1.29, 1.82) is 0 Å². The number of ether oxygens (including phenoxy) is 1. The Bertz CT molecular complexity index is 856. The second kappa shape index (κ2) is 8.24. The summed E-state index contributed by atoms with van der Waals surface area (Å²) in [5, 5.41) is 2.79. The normalized spacial score (nSPS) is 10.5. The van der Waals surface area contributed by atoms with Crippen LogP contribution in [0.4, 0.5) is 5.69 Å². The third-order valence-electron chi connectivity index (χ3n) is 3.82. The van der Waals surface area contributed by atoms with Crippen LogP contribution < -0.4 is 10.1 Å². The monoisotopic (exact) mass is 351 g/mol. The molecule has 0 spiro atoms. The molecule has 0 radical (unpaired) electrons. The summed E-state index contributed by atoms with van der Waals surface area (Å²) in [5.41, 5.74) is 1.07. The molecule has 0 saturated carbocycles. The summed E-state index contributed by atoms with van der Waals surface area (Å²) in [6.07, 6.45) is 8.71. The number of anilines is 1. The summed E-state index contributed by atoms with van der Waals surface area (Å²) in [5.74, 6) is 1.84. The fraction of sp³-hybridized carbons (Fsp3) is 0.263. The van der Waals surface area contributed by atoms with Gasteiger partial charge in [0.2, 0.25) is 5.95 Å². The lowest BCUT2D eigenvalue weighted by Gasteiger charge is -2.08. The second-order valence-electron chi connectivity index (χ2n) is 5.80. The topological polar surface area (TPSA) is 81.9 Å². The number of nitrogens with one attached hydrogen (secondary N) is 1. The minimum atomic E-state index is -0.222. The quantitative estimate of drug-likeness (QED) is 0.660. The summed E-state index contributed by atoms with van der Waals surface area (Å²) in [6.45, 7) is 4.67. The van der Waals surface area contributed by atoms with E-state index in [1.54, 1.807) is 53.6 Å². The van der Waals surface area contributed by atoms with Crippen molar-refractivity contribution >= 4 is 11.6 Å². The van der Waals surface area contributed by atoms with Crippen LogP contribution in [0.1, 0.15) is 35.9 Å². The summed E-state index contributed by atoms with van der Waals surface area (Å²) in [7, 11) is 0. The molecular formula is C19H21N5O2. The lowest BCUT2D eigenvalue weighted by atomic mass is 10.2. The predicted octanol–water partition coefficient (Wildman–Crippen LogP) is 3.40. The molecule has 0 aliphatic carbocycles. The molecule has 1 N–H and O–H groups in total. The third-order valence-corrected chi connectivity index (χ3v) is 3.82. The van der Waals surface area contributed by atoms with Gasteiger partial charge in [-0.15, -0.1) is 0 Å². The molecule has 1 amide bonds. The minimum Gasteiger partial charge on any atom is -0.494 e. The van der Waals surface area contributed by atoms with Gasteiger partial charge in [0.1, 0.15) is 11.6 Å². The molecule has 3 rings (SSSR count). The maximum atomic E-state index is 12.3. The summed E-state index contributed by atoms with van der Waals surface area (Å²) < 4.78 is 7.37. The van der Waals surface area contributed by atoms with Crippen molar-refractivity contribution in [3.63, 3.8) is 0 Å². The maximum absolute atomic E-state index is 12.3. The van der Waals surface area contributed by atoms with Gasteiger partial charge in [-0.25, -0.2) is 15.0 Å². The third kappa shape index (κ3) is 4.24. The molecule has 26 heavy (non-hydrogen) atoms. The van der Waals surface area contributed by atoms with E-state index < -0.39 is 0 Å². The number of hydrogen-bond donors (Lipinski definition) is 1. The number of aromatic nitrogens is 4. The number of nitrogens with zero attached hydrogens (tertiary/aromatic N) is 4. The van der Waals surface area contributed by atoms with Gasteiger partial charge in [-0.3, -0.25) is 9.36 Å². The van der Waals surface area contributed by atoms with E-state index in [9.17, 15) is 4.79 Å². The van der Waals surface area contributed by atoms with Crippen LogP contribution in [0.25, 0.3) is 5.95 Å². The molecule has 134 valence electrons. The number of carbonyl (C=O) groups excluding carboxylic acids is 1. The zero-order valence-electron chi connectivity index (χ0n) is 14.8.